The summed E-state index contributed by atoms with van der Waals surface area (Å²) in [6.45, 7) is 3.66. The van der Waals surface area contributed by atoms with Crippen molar-refractivity contribution in [2.45, 2.75) is 13.8 Å². The largest absolute Gasteiger partial charge is 0.278 e. The van der Waals surface area contributed by atoms with Crippen LogP contribution >= 0.6 is 23.2 Å². The highest BCUT2D eigenvalue weighted by Crippen LogP contribution is 2.17. The van der Waals surface area contributed by atoms with Gasteiger partial charge in [0.15, 0.2) is 0 Å². The van der Waals surface area contributed by atoms with Crippen molar-refractivity contribution in [3.05, 3.63) is 99.5 Å². The normalized spacial score (nSPS) is 11.9. The zero-order valence-electron chi connectivity index (χ0n) is 16.5. The summed E-state index contributed by atoms with van der Waals surface area (Å²) in [5.41, 5.74) is 9.74. The van der Waals surface area contributed by atoms with Crippen molar-refractivity contribution in [2.24, 2.45) is 10.2 Å². The van der Waals surface area contributed by atoms with Crippen molar-refractivity contribution in [2.75, 3.05) is 5.43 Å². The predicted octanol–water partition coefficient (Wildman–Crippen LogP) is 5.98. The van der Waals surface area contributed by atoms with Crippen LogP contribution in [0.3, 0.4) is 0 Å². The topological polar surface area (TPSA) is 65.8 Å². The van der Waals surface area contributed by atoms with Gasteiger partial charge in [0.2, 0.25) is 0 Å². The predicted molar refractivity (Wildman–Crippen MR) is 125 cm³/mol. The second-order valence-corrected chi connectivity index (χ2v) is 7.30. The van der Waals surface area contributed by atoms with E-state index in [1.165, 1.54) is 0 Å². The molecule has 2 N–H and O–H groups in total. The monoisotopic (exact) mass is 438 g/mol. The van der Waals surface area contributed by atoms with Crippen LogP contribution in [0.4, 0.5) is 5.69 Å². The van der Waals surface area contributed by atoms with Crippen molar-refractivity contribution in [3.8, 4) is 0 Å². The van der Waals surface area contributed by atoms with Crippen LogP contribution in [0.1, 0.15) is 35.3 Å². The van der Waals surface area contributed by atoms with Gasteiger partial charge < -0.3 is 0 Å². The summed E-state index contributed by atoms with van der Waals surface area (Å²) in [5.74, 6) is -0.316. The quantitative estimate of drug-likeness (QED) is 0.366. The number of hydrogen-bond donors (Lipinski definition) is 2. The molecule has 0 atom stereocenters. The Labute approximate surface area is 185 Å². The lowest BCUT2D eigenvalue weighted by atomic mass is 10.1. The molecule has 3 aromatic carbocycles. The van der Waals surface area contributed by atoms with E-state index in [2.05, 4.69) is 21.1 Å². The van der Waals surface area contributed by atoms with Crippen molar-refractivity contribution >= 4 is 46.2 Å². The Balaban J connectivity index is 1.63. The molecule has 0 aromatic heterocycles. The average molecular weight is 439 g/mol. The van der Waals surface area contributed by atoms with Gasteiger partial charge in [0.05, 0.1) is 17.1 Å². The van der Waals surface area contributed by atoms with Gasteiger partial charge >= 0.3 is 0 Å². The van der Waals surface area contributed by atoms with E-state index in [4.69, 9.17) is 23.2 Å². The highest BCUT2D eigenvalue weighted by molar-refractivity contribution is 6.34. The average Bonchev–Trinajstić information content (AvgIpc) is 2.76. The summed E-state index contributed by atoms with van der Waals surface area (Å²) in [7, 11) is 0. The number of amides is 1. The van der Waals surface area contributed by atoms with E-state index < -0.39 is 0 Å². The Hall–Kier alpha value is -3.15. The first-order chi connectivity index (χ1) is 14.5. The summed E-state index contributed by atoms with van der Waals surface area (Å²) in [6, 6.07) is 21.7. The third kappa shape index (κ3) is 5.47. The summed E-state index contributed by atoms with van der Waals surface area (Å²) >= 11 is 12.3. The number of anilines is 1. The molecule has 0 heterocycles. The molecule has 0 bridgehead atoms. The fourth-order valence-electron chi connectivity index (χ4n) is 2.67. The number of hydrazone groups is 2. The number of hydrogen-bond acceptors (Lipinski definition) is 4. The number of nitrogens with one attached hydrogen (secondary N) is 2. The van der Waals surface area contributed by atoms with Crippen LogP contribution in [0, 0.1) is 0 Å². The first-order valence-corrected chi connectivity index (χ1v) is 9.96. The molecule has 7 heteroatoms. The van der Waals surface area contributed by atoms with E-state index in [0.717, 1.165) is 22.5 Å². The summed E-state index contributed by atoms with van der Waals surface area (Å²) in [6.07, 6.45) is 0. The smallest absolute Gasteiger partial charge is 0.271 e. The molecular formula is C23H20Cl2N4O. The zero-order valence-corrected chi connectivity index (χ0v) is 18.0. The van der Waals surface area contributed by atoms with Gasteiger partial charge in [-0.15, -0.1) is 0 Å². The number of carbonyl (C=O) groups excluding carboxylic acids is 1. The molecular weight excluding hydrogens is 419 g/mol. The Kier molecular flexibility index (Phi) is 7.22. The SMILES string of the molecule is C/C(=N/NC(=O)c1ccc(N/N=C(/C)c2ccccc2Cl)cc1)c1ccccc1Cl. The summed E-state index contributed by atoms with van der Waals surface area (Å²) < 4.78 is 0. The maximum atomic E-state index is 12.4. The van der Waals surface area contributed by atoms with Gasteiger partial charge in [-0.05, 0) is 50.2 Å². The van der Waals surface area contributed by atoms with Gasteiger partial charge in [-0.2, -0.15) is 10.2 Å². The molecule has 0 fully saturated rings. The van der Waals surface area contributed by atoms with Crippen LogP contribution in [0.15, 0.2) is 83.0 Å². The Bertz CT molecular complexity index is 1110. The van der Waals surface area contributed by atoms with Crippen LogP contribution in [0.2, 0.25) is 10.0 Å². The van der Waals surface area contributed by atoms with Crippen LogP contribution in [0.5, 0.6) is 0 Å². The fraction of sp³-hybridized carbons (Fsp3) is 0.0870. The maximum absolute atomic E-state index is 12.4. The van der Waals surface area contributed by atoms with E-state index in [9.17, 15) is 4.79 Å². The lowest BCUT2D eigenvalue weighted by Crippen LogP contribution is -2.19. The van der Waals surface area contributed by atoms with E-state index in [0.29, 0.717) is 21.3 Å². The molecule has 0 saturated heterocycles. The number of nitrogens with zero attached hydrogens (tertiary/aromatic N) is 2. The molecule has 0 radical (unpaired) electrons. The molecule has 0 unspecified atom stereocenters. The van der Waals surface area contributed by atoms with Gasteiger partial charge in [-0.1, -0.05) is 59.6 Å². The van der Waals surface area contributed by atoms with Crippen molar-refractivity contribution in [1.29, 1.82) is 0 Å². The van der Waals surface area contributed by atoms with E-state index >= 15 is 0 Å². The Morgan fingerprint density at radius 1 is 0.733 bits per heavy atom. The first-order valence-electron chi connectivity index (χ1n) is 9.20. The van der Waals surface area contributed by atoms with E-state index in [-0.39, 0.29) is 5.91 Å². The van der Waals surface area contributed by atoms with Gasteiger partial charge in [0.25, 0.3) is 5.91 Å². The third-order valence-corrected chi connectivity index (χ3v) is 5.01. The first kappa shape index (κ1) is 21.6. The van der Waals surface area contributed by atoms with Crippen LogP contribution in [-0.2, 0) is 0 Å². The van der Waals surface area contributed by atoms with Crippen LogP contribution in [0.25, 0.3) is 0 Å². The highest BCUT2D eigenvalue weighted by atomic mass is 35.5. The minimum absolute atomic E-state index is 0.316. The zero-order chi connectivity index (χ0) is 21.5. The van der Waals surface area contributed by atoms with Crippen LogP contribution in [-0.4, -0.2) is 17.3 Å². The second-order valence-electron chi connectivity index (χ2n) is 6.48. The number of halogens is 2. The molecule has 3 aromatic rings. The number of carbonyl (C=O) groups is 1. The molecule has 152 valence electrons. The number of rotatable bonds is 6. The lowest BCUT2D eigenvalue weighted by molar-refractivity contribution is 0.0955. The van der Waals surface area contributed by atoms with Gasteiger partial charge in [0, 0.05) is 26.7 Å². The fourth-order valence-corrected chi connectivity index (χ4v) is 3.22. The molecule has 0 aliphatic rings. The Morgan fingerprint density at radius 3 is 1.77 bits per heavy atom. The van der Waals surface area contributed by atoms with Gasteiger partial charge in [-0.3, -0.25) is 10.2 Å². The molecule has 0 saturated carbocycles. The molecule has 5 nitrogen and oxygen atoms in total. The molecule has 0 spiro atoms. The van der Waals surface area contributed by atoms with Crippen LogP contribution < -0.4 is 10.9 Å². The van der Waals surface area contributed by atoms with Gasteiger partial charge in [-0.25, -0.2) is 5.43 Å². The van der Waals surface area contributed by atoms with E-state index in [1.807, 2.05) is 49.4 Å². The second kappa shape index (κ2) is 10.1. The molecule has 0 aliphatic heterocycles. The summed E-state index contributed by atoms with van der Waals surface area (Å²) in [5, 5.41) is 9.71. The minimum atomic E-state index is -0.316. The highest BCUT2D eigenvalue weighted by Gasteiger charge is 2.07. The molecule has 0 aliphatic carbocycles. The minimum Gasteiger partial charge on any atom is -0.278 e. The molecule has 1 amide bonds. The van der Waals surface area contributed by atoms with Crippen molar-refractivity contribution in [1.82, 2.24) is 5.43 Å². The van der Waals surface area contributed by atoms with Crippen molar-refractivity contribution in [3.63, 3.8) is 0 Å². The van der Waals surface area contributed by atoms with E-state index in [1.54, 1.807) is 37.3 Å². The lowest BCUT2D eigenvalue weighted by Gasteiger charge is -2.07. The Morgan fingerprint density at radius 2 is 1.23 bits per heavy atom. The standard InChI is InChI=1S/C23H20Cl2N4O/c1-15(19-7-3-5-9-21(19)24)26-28-18-13-11-17(12-14-18)23(30)29-27-16(2)20-8-4-6-10-22(20)25/h3-14,28H,1-2H3,(H,29,30)/b26-15-,27-16-. The van der Waals surface area contributed by atoms with Crippen molar-refractivity contribution < 1.29 is 4.79 Å². The number of benzene rings is 3. The summed E-state index contributed by atoms with van der Waals surface area (Å²) in [4.78, 5) is 12.4. The third-order valence-electron chi connectivity index (χ3n) is 4.35. The maximum Gasteiger partial charge on any atom is 0.271 e. The molecule has 3 rings (SSSR count). The molecule has 30 heavy (non-hydrogen) atoms. The van der Waals surface area contributed by atoms with Gasteiger partial charge in [0.1, 0.15) is 0 Å².